The molecule has 23 heavy (non-hydrogen) atoms. The molecule has 0 atom stereocenters. The summed E-state index contributed by atoms with van der Waals surface area (Å²) in [7, 11) is 0. The van der Waals surface area contributed by atoms with E-state index in [1.54, 1.807) is 0 Å². The van der Waals surface area contributed by atoms with Crippen LogP contribution >= 0.6 is 0 Å². The molecule has 0 radical (unpaired) electrons. The lowest BCUT2D eigenvalue weighted by Gasteiger charge is -2.37. The van der Waals surface area contributed by atoms with Gasteiger partial charge in [-0.2, -0.15) is 0 Å². The summed E-state index contributed by atoms with van der Waals surface area (Å²) in [4.78, 5) is 17.4. The van der Waals surface area contributed by atoms with Crippen molar-refractivity contribution in [3.05, 3.63) is 29.3 Å². The van der Waals surface area contributed by atoms with E-state index in [2.05, 4.69) is 33.3 Å². The van der Waals surface area contributed by atoms with Gasteiger partial charge in [-0.3, -0.25) is 9.69 Å². The molecule has 2 heterocycles. The standard InChI is InChI=1S/C19H27N3O/c23-19-14-22(16-4-2-1-3-5-16)13-15-12-17(6-7-18(15)19)21-10-8-20-9-11-21/h6-7,12,16,20H,1-5,8-11,13-14H2. The molecule has 4 heteroatoms. The van der Waals surface area contributed by atoms with Crippen LogP contribution in [-0.2, 0) is 6.54 Å². The van der Waals surface area contributed by atoms with Gasteiger partial charge in [0.1, 0.15) is 0 Å². The zero-order valence-corrected chi connectivity index (χ0v) is 13.9. The summed E-state index contributed by atoms with van der Waals surface area (Å²) < 4.78 is 0. The Morgan fingerprint density at radius 3 is 2.57 bits per heavy atom. The lowest BCUT2D eigenvalue weighted by atomic mass is 9.90. The third kappa shape index (κ3) is 3.15. The first kappa shape index (κ1) is 15.2. The molecule has 1 aromatic carbocycles. The molecule has 1 aromatic rings. The van der Waals surface area contributed by atoms with Crippen molar-refractivity contribution in [2.45, 2.75) is 44.7 Å². The molecule has 2 fully saturated rings. The van der Waals surface area contributed by atoms with E-state index in [1.807, 2.05) is 0 Å². The summed E-state index contributed by atoms with van der Waals surface area (Å²) in [5, 5.41) is 3.40. The van der Waals surface area contributed by atoms with E-state index in [4.69, 9.17) is 0 Å². The third-order valence-electron chi connectivity index (χ3n) is 5.68. The molecule has 1 N–H and O–H groups in total. The van der Waals surface area contributed by atoms with Gasteiger partial charge in [0.25, 0.3) is 0 Å². The Balaban J connectivity index is 1.55. The number of hydrogen-bond acceptors (Lipinski definition) is 4. The predicted molar refractivity (Wildman–Crippen MR) is 93.1 cm³/mol. The fraction of sp³-hybridized carbons (Fsp3) is 0.632. The van der Waals surface area contributed by atoms with Crippen LogP contribution in [0.1, 0.15) is 48.0 Å². The van der Waals surface area contributed by atoms with Crippen molar-refractivity contribution in [1.29, 1.82) is 0 Å². The maximum atomic E-state index is 12.6. The van der Waals surface area contributed by atoms with Crippen LogP contribution < -0.4 is 10.2 Å². The highest BCUT2D eigenvalue weighted by atomic mass is 16.1. The molecule has 0 bridgehead atoms. The Kier molecular flexibility index (Phi) is 4.36. The molecule has 2 aliphatic heterocycles. The van der Waals surface area contributed by atoms with Crippen LogP contribution in [0.2, 0.25) is 0 Å². The maximum absolute atomic E-state index is 12.6. The lowest BCUT2D eigenvalue weighted by Crippen LogP contribution is -2.44. The van der Waals surface area contributed by atoms with Gasteiger partial charge in [-0.05, 0) is 36.6 Å². The average molecular weight is 313 g/mol. The summed E-state index contributed by atoms with van der Waals surface area (Å²) in [5.41, 5.74) is 3.47. The van der Waals surface area contributed by atoms with Crippen LogP contribution in [0.4, 0.5) is 5.69 Å². The minimum absolute atomic E-state index is 0.309. The third-order valence-corrected chi connectivity index (χ3v) is 5.68. The number of ketones is 1. The summed E-state index contributed by atoms with van der Waals surface area (Å²) in [5.74, 6) is 0.309. The Labute approximate surface area is 138 Å². The second-order valence-corrected chi connectivity index (χ2v) is 7.20. The van der Waals surface area contributed by atoms with E-state index in [9.17, 15) is 4.79 Å². The summed E-state index contributed by atoms with van der Waals surface area (Å²) >= 11 is 0. The predicted octanol–water partition coefficient (Wildman–Crippen LogP) is 2.43. The van der Waals surface area contributed by atoms with Gasteiger partial charge < -0.3 is 10.2 Å². The normalized spacial score (nSPS) is 23.8. The van der Waals surface area contributed by atoms with Crippen LogP contribution in [0.25, 0.3) is 0 Å². The lowest BCUT2D eigenvalue weighted by molar-refractivity contribution is 0.0805. The number of carbonyl (C=O) groups excluding carboxylic acids is 1. The minimum atomic E-state index is 0.309. The molecule has 0 aromatic heterocycles. The van der Waals surface area contributed by atoms with Crippen molar-refractivity contribution in [3.63, 3.8) is 0 Å². The van der Waals surface area contributed by atoms with E-state index in [0.29, 0.717) is 18.4 Å². The second-order valence-electron chi connectivity index (χ2n) is 7.20. The van der Waals surface area contributed by atoms with E-state index < -0.39 is 0 Å². The van der Waals surface area contributed by atoms with Crippen molar-refractivity contribution in [3.8, 4) is 0 Å². The van der Waals surface area contributed by atoms with Crippen LogP contribution in [0.15, 0.2) is 18.2 Å². The number of nitrogens with zero attached hydrogens (tertiary/aromatic N) is 2. The number of anilines is 1. The van der Waals surface area contributed by atoms with Crippen LogP contribution in [0.3, 0.4) is 0 Å². The summed E-state index contributed by atoms with van der Waals surface area (Å²) in [6, 6.07) is 7.09. The van der Waals surface area contributed by atoms with E-state index in [1.165, 1.54) is 43.4 Å². The second kappa shape index (κ2) is 6.62. The number of piperazine rings is 1. The van der Waals surface area contributed by atoms with Crippen molar-refractivity contribution in [1.82, 2.24) is 10.2 Å². The van der Waals surface area contributed by atoms with Crippen LogP contribution in [0.5, 0.6) is 0 Å². The molecule has 0 spiro atoms. The molecule has 1 saturated heterocycles. The van der Waals surface area contributed by atoms with E-state index in [-0.39, 0.29) is 0 Å². The Morgan fingerprint density at radius 1 is 1.00 bits per heavy atom. The van der Waals surface area contributed by atoms with Gasteiger partial charge in [0, 0.05) is 50.0 Å². The number of nitrogens with one attached hydrogen (secondary N) is 1. The Morgan fingerprint density at radius 2 is 1.78 bits per heavy atom. The van der Waals surface area contributed by atoms with Crippen molar-refractivity contribution in [2.75, 3.05) is 37.6 Å². The van der Waals surface area contributed by atoms with Gasteiger partial charge in [0.2, 0.25) is 0 Å². The Hall–Kier alpha value is -1.39. The zero-order valence-electron chi connectivity index (χ0n) is 13.9. The van der Waals surface area contributed by atoms with Gasteiger partial charge >= 0.3 is 0 Å². The molecule has 1 aliphatic carbocycles. The number of rotatable bonds is 2. The van der Waals surface area contributed by atoms with Crippen molar-refractivity contribution >= 4 is 11.5 Å². The van der Waals surface area contributed by atoms with Gasteiger partial charge in [-0.1, -0.05) is 19.3 Å². The number of benzene rings is 1. The monoisotopic (exact) mass is 313 g/mol. The van der Waals surface area contributed by atoms with Gasteiger partial charge in [-0.15, -0.1) is 0 Å². The van der Waals surface area contributed by atoms with E-state index >= 15 is 0 Å². The smallest absolute Gasteiger partial charge is 0.177 e. The molecule has 0 amide bonds. The first-order valence-electron chi connectivity index (χ1n) is 9.17. The first-order valence-corrected chi connectivity index (χ1v) is 9.17. The molecular weight excluding hydrogens is 286 g/mol. The maximum Gasteiger partial charge on any atom is 0.177 e. The molecule has 124 valence electrons. The number of fused-ring (bicyclic) bond motifs is 1. The minimum Gasteiger partial charge on any atom is -0.369 e. The highest BCUT2D eigenvalue weighted by Gasteiger charge is 2.29. The molecular formula is C19H27N3O. The highest BCUT2D eigenvalue weighted by molar-refractivity contribution is 6.00. The average Bonchev–Trinajstić information content (AvgIpc) is 2.63. The largest absolute Gasteiger partial charge is 0.369 e. The number of hydrogen-bond donors (Lipinski definition) is 1. The highest BCUT2D eigenvalue weighted by Crippen LogP contribution is 2.30. The fourth-order valence-corrected chi connectivity index (χ4v) is 4.35. The van der Waals surface area contributed by atoms with Crippen LogP contribution in [0, 0.1) is 0 Å². The first-order chi connectivity index (χ1) is 11.3. The van der Waals surface area contributed by atoms with E-state index in [0.717, 1.165) is 38.3 Å². The number of Topliss-reactive ketones (excluding diaryl/α,β-unsaturated/α-hetero) is 1. The molecule has 3 aliphatic rings. The fourth-order valence-electron chi connectivity index (χ4n) is 4.35. The number of carbonyl (C=O) groups is 1. The molecule has 1 saturated carbocycles. The SMILES string of the molecule is O=C1CN(C2CCCCC2)Cc2cc(N3CCNCC3)ccc21. The topological polar surface area (TPSA) is 35.6 Å². The van der Waals surface area contributed by atoms with Gasteiger partial charge in [0.15, 0.2) is 5.78 Å². The molecule has 4 nitrogen and oxygen atoms in total. The van der Waals surface area contributed by atoms with Gasteiger partial charge in [0.05, 0.1) is 6.54 Å². The molecule has 4 rings (SSSR count). The quantitative estimate of drug-likeness (QED) is 0.909. The summed E-state index contributed by atoms with van der Waals surface area (Å²) in [6.07, 6.45) is 6.54. The summed E-state index contributed by atoms with van der Waals surface area (Å²) in [6.45, 7) is 5.77. The van der Waals surface area contributed by atoms with Crippen LogP contribution in [-0.4, -0.2) is 49.4 Å². The van der Waals surface area contributed by atoms with Crippen molar-refractivity contribution < 1.29 is 4.79 Å². The molecule has 0 unspecified atom stereocenters. The van der Waals surface area contributed by atoms with Crippen molar-refractivity contribution in [2.24, 2.45) is 0 Å². The van der Waals surface area contributed by atoms with Gasteiger partial charge in [-0.25, -0.2) is 0 Å². The zero-order chi connectivity index (χ0) is 15.6. The Bertz CT molecular complexity index is 574.